The molecule has 0 radical (unpaired) electrons. The van der Waals surface area contributed by atoms with E-state index < -0.39 is 0 Å². The molecule has 1 aliphatic heterocycles. The van der Waals surface area contributed by atoms with Crippen LogP contribution in [0.1, 0.15) is 24.1 Å². The van der Waals surface area contributed by atoms with Gasteiger partial charge in [0.15, 0.2) is 0 Å². The molecule has 0 bridgehead atoms. The van der Waals surface area contributed by atoms with E-state index in [4.69, 9.17) is 0 Å². The maximum absolute atomic E-state index is 4.04. The smallest absolute Gasteiger partial charge is 0.0602 e. The molecule has 0 spiro atoms. The minimum Gasteiger partial charge on any atom is -0.297 e. The number of hydrogen-bond donors (Lipinski definition) is 0. The highest BCUT2D eigenvalue weighted by atomic mass is 35.5. The molecular weight excluding hydrogens is 316 g/mol. The van der Waals surface area contributed by atoms with Gasteiger partial charge in [0.05, 0.1) is 6.04 Å². The zero-order valence-electron chi connectivity index (χ0n) is 14.4. The first-order chi connectivity index (χ1) is 11.2. The molecule has 0 N–H and O–H groups in total. The largest absolute Gasteiger partial charge is 0.297 e. The first-order valence-corrected chi connectivity index (χ1v) is 8.45. The van der Waals surface area contributed by atoms with E-state index >= 15 is 0 Å². The van der Waals surface area contributed by atoms with E-state index in [-0.39, 0.29) is 12.4 Å². The van der Waals surface area contributed by atoms with Gasteiger partial charge < -0.3 is 0 Å². The minimum atomic E-state index is 0. The lowest BCUT2D eigenvalue weighted by Crippen LogP contribution is -2.48. The van der Waals surface area contributed by atoms with Gasteiger partial charge in [0.25, 0.3) is 0 Å². The summed E-state index contributed by atoms with van der Waals surface area (Å²) in [4.78, 5) is 5.12. The van der Waals surface area contributed by atoms with E-state index in [0.717, 1.165) is 32.7 Å². The molecular formula is C21H27ClN2. The monoisotopic (exact) mass is 342 g/mol. The molecule has 3 heteroatoms. The van der Waals surface area contributed by atoms with Crippen LogP contribution in [-0.2, 0) is 0 Å². The molecule has 2 aromatic rings. The van der Waals surface area contributed by atoms with Crippen molar-refractivity contribution in [3.63, 3.8) is 0 Å². The molecule has 0 unspecified atom stereocenters. The lowest BCUT2D eigenvalue weighted by Gasteiger charge is -2.40. The fraction of sp³-hybridized carbons (Fsp3) is 0.333. The lowest BCUT2D eigenvalue weighted by molar-refractivity contribution is 0.116. The van der Waals surface area contributed by atoms with E-state index in [0.29, 0.717) is 6.04 Å². The summed E-state index contributed by atoms with van der Waals surface area (Å²) in [6.45, 7) is 11.6. The van der Waals surface area contributed by atoms with Crippen LogP contribution in [0.25, 0.3) is 0 Å². The van der Waals surface area contributed by atoms with Crippen molar-refractivity contribution in [3.8, 4) is 0 Å². The Morgan fingerprint density at radius 3 is 1.75 bits per heavy atom. The molecule has 24 heavy (non-hydrogen) atoms. The third kappa shape index (κ3) is 4.70. The first kappa shape index (κ1) is 18.7. The van der Waals surface area contributed by atoms with E-state index in [1.807, 2.05) is 0 Å². The summed E-state index contributed by atoms with van der Waals surface area (Å²) in [5, 5.41) is 0. The Labute approximate surface area is 152 Å². The Balaban J connectivity index is 0.00000208. The van der Waals surface area contributed by atoms with Gasteiger partial charge >= 0.3 is 0 Å². The average molecular weight is 343 g/mol. The van der Waals surface area contributed by atoms with Gasteiger partial charge in [-0.15, -0.1) is 12.4 Å². The highest BCUT2D eigenvalue weighted by Crippen LogP contribution is 2.29. The quantitative estimate of drug-likeness (QED) is 0.743. The molecule has 0 amide bonds. The van der Waals surface area contributed by atoms with Crippen LogP contribution in [0.3, 0.4) is 0 Å². The van der Waals surface area contributed by atoms with Crippen LogP contribution in [0.15, 0.2) is 72.8 Å². The van der Waals surface area contributed by atoms with Crippen LogP contribution in [0.4, 0.5) is 0 Å². The van der Waals surface area contributed by atoms with Gasteiger partial charge in [-0.25, -0.2) is 0 Å². The molecule has 1 saturated heterocycles. The number of nitrogens with zero attached hydrogens (tertiary/aromatic N) is 2. The molecule has 0 saturated carbocycles. The molecule has 0 atom stereocenters. The summed E-state index contributed by atoms with van der Waals surface area (Å²) in [5.74, 6) is 0. The van der Waals surface area contributed by atoms with E-state index in [9.17, 15) is 0 Å². The number of benzene rings is 2. The molecule has 0 aromatic heterocycles. The topological polar surface area (TPSA) is 6.48 Å². The first-order valence-electron chi connectivity index (χ1n) is 8.45. The van der Waals surface area contributed by atoms with Gasteiger partial charge in [0.2, 0.25) is 0 Å². The van der Waals surface area contributed by atoms with Gasteiger partial charge in [-0.1, -0.05) is 72.8 Å². The standard InChI is InChI=1S/C21H26N2.ClH/c1-18(2)17-22-13-15-23(16-14-22)21(19-9-5-3-6-10-19)20-11-7-4-8-12-20;/h3-12,21H,1,13-17H2,2H3;1H. The second kappa shape index (κ2) is 9.03. The number of piperazine rings is 1. The highest BCUT2D eigenvalue weighted by Gasteiger charge is 2.26. The van der Waals surface area contributed by atoms with Gasteiger partial charge in [0, 0.05) is 32.7 Å². The predicted octanol–water partition coefficient (Wildman–Crippen LogP) is 4.39. The maximum atomic E-state index is 4.04. The zero-order chi connectivity index (χ0) is 16.1. The molecule has 1 heterocycles. The lowest BCUT2D eigenvalue weighted by atomic mass is 9.96. The molecule has 1 aliphatic rings. The highest BCUT2D eigenvalue weighted by molar-refractivity contribution is 5.85. The van der Waals surface area contributed by atoms with Crippen LogP contribution >= 0.6 is 12.4 Å². The van der Waals surface area contributed by atoms with Crippen LogP contribution in [0.2, 0.25) is 0 Å². The van der Waals surface area contributed by atoms with Gasteiger partial charge in [-0.3, -0.25) is 9.80 Å². The summed E-state index contributed by atoms with van der Waals surface area (Å²) in [6, 6.07) is 22.1. The summed E-state index contributed by atoms with van der Waals surface area (Å²) in [5.41, 5.74) is 4.01. The molecule has 0 aliphatic carbocycles. The van der Waals surface area contributed by atoms with Gasteiger partial charge in [0.1, 0.15) is 0 Å². The van der Waals surface area contributed by atoms with Crippen molar-refractivity contribution in [2.75, 3.05) is 32.7 Å². The normalized spacial score (nSPS) is 15.9. The second-order valence-corrected chi connectivity index (χ2v) is 6.49. The SMILES string of the molecule is C=C(C)CN1CCN(C(c2ccccc2)c2ccccc2)CC1.Cl. The number of hydrogen-bond acceptors (Lipinski definition) is 2. The Morgan fingerprint density at radius 2 is 1.33 bits per heavy atom. The van der Waals surface area contributed by atoms with Crippen molar-refractivity contribution in [1.82, 2.24) is 9.80 Å². The third-order valence-electron chi connectivity index (χ3n) is 4.50. The average Bonchev–Trinajstić information content (AvgIpc) is 2.58. The zero-order valence-corrected chi connectivity index (χ0v) is 15.2. The Hall–Kier alpha value is -1.61. The summed E-state index contributed by atoms with van der Waals surface area (Å²) in [6.07, 6.45) is 0. The molecule has 3 rings (SSSR count). The molecule has 1 fully saturated rings. The fourth-order valence-corrected chi connectivity index (χ4v) is 3.45. The van der Waals surface area contributed by atoms with Crippen molar-refractivity contribution < 1.29 is 0 Å². The Kier molecular flexibility index (Phi) is 7.04. The summed E-state index contributed by atoms with van der Waals surface area (Å²) in [7, 11) is 0. The molecule has 2 nitrogen and oxygen atoms in total. The fourth-order valence-electron chi connectivity index (χ4n) is 3.45. The predicted molar refractivity (Wildman–Crippen MR) is 105 cm³/mol. The minimum absolute atomic E-state index is 0. The molecule has 2 aromatic carbocycles. The van der Waals surface area contributed by atoms with E-state index in [1.54, 1.807) is 0 Å². The Morgan fingerprint density at radius 1 is 0.875 bits per heavy atom. The van der Waals surface area contributed by atoms with Crippen LogP contribution in [0.5, 0.6) is 0 Å². The second-order valence-electron chi connectivity index (χ2n) is 6.49. The third-order valence-corrected chi connectivity index (χ3v) is 4.50. The summed E-state index contributed by atoms with van der Waals surface area (Å²) >= 11 is 0. The van der Waals surface area contributed by atoms with Crippen molar-refractivity contribution in [2.24, 2.45) is 0 Å². The van der Waals surface area contributed by atoms with Crippen molar-refractivity contribution in [1.29, 1.82) is 0 Å². The number of rotatable bonds is 5. The van der Waals surface area contributed by atoms with E-state index in [2.05, 4.69) is 84.0 Å². The maximum Gasteiger partial charge on any atom is 0.0602 e. The summed E-state index contributed by atoms with van der Waals surface area (Å²) < 4.78 is 0. The molecule has 128 valence electrons. The number of halogens is 1. The van der Waals surface area contributed by atoms with E-state index in [1.165, 1.54) is 16.7 Å². The van der Waals surface area contributed by atoms with Crippen molar-refractivity contribution in [3.05, 3.63) is 83.9 Å². The van der Waals surface area contributed by atoms with Gasteiger partial charge in [-0.2, -0.15) is 0 Å². The van der Waals surface area contributed by atoms with Crippen LogP contribution in [-0.4, -0.2) is 42.5 Å². The van der Waals surface area contributed by atoms with Crippen molar-refractivity contribution >= 4 is 12.4 Å². The van der Waals surface area contributed by atoms with Crippen LogP contribution in [0, 0.1) is 0 Å². The van der Waals surface area contributed by atoms with Crippen LogP contribution < -0.4 is 0 Å². The Bertz CT molecular complexity index is 579. The van der Waals surface area contributed by atoms with Gasteiger partial charge in [-0.05, 0) is 18.1 Å². The van der Waals surface area contributed by atoms with Crippen molar-refractivity contribution in [2.45, 2.75) is 13.0 Å².